The molecule has 2 aromatic carbocycles. The zero-order chi connectivity index (χ0) is 21.5. The Bertz CT molecular complexity index is 934. The predicted molar refractivity (Wildman–Crippen MR) is 122 cm³/mol. The molecule has 1 aromatic heterocycles. The molecule has 1 atom stereocenters. The van der Waals surface area contributed by atoms with Gasteiger partial charge in [-0.1, -0.05) is 30.3 Å². The van der Waals surface area contributed by atoms with Crippen molar-refractivity contribution in [2.24, 2.45) is 0 Å². The molecule has 1 aliphatic rings. The van der Waals surface area contributed by atoms with Crippen molar-refractivity contribution in [3.05, 3.63) is 84.7 Å². The SMILES string of the molecule is O=C(O)[C@H](Cc1ccc(OCCN2CCN(c3ccccc3)CC2)cc1)n1cccc1. The Morgan fingerprint density at radius 3 is 2.23 bits per heavy atom. The molecule has 0 saturated carbocycles. The van der Waals surface area contributed by atoms with Gasteiger partial charge in [0.2, 0.25) is 0 Å². The van der Waals surface area contributed by atoms with Gasteiger partial charge in [0.15, 0.2) is 0 Å². The van der Waals surface area contributed by atoms with Crippen molar-refractivity contribution < 1.29 is 14.6 Å². The standard InChI is InChI=1S/C25H29N3O3/c29-25(30)24(28-12-4-5-13-28)20-21-8-10-23(11-9-21)31-19-18-26-14-16-27(17-15-26)22-6-2-1-3-7-22/h1-13,24H,14-20H2,(H,29,30)/t24-/m0/s1. The Labute approximate surface area is 183 Å². The lowest BCUT2D eigenvalue weighted by Gasteiger charge is -2.36. The van der Waals surface area contributed by atoms with Crippen LogP contribution in [0.1, 0.15) is 11.6 Å². The summed E-state index contributed by atoms with van der Waals surface area (Å²) in [6.07, 6.45) is 4.02. The summed E-state index contributed by atoms with van der Waals surface area (Å²) in [7, 11) is 0. The number of benzene rings is 2. The van der Waals surface area contributed by atoms with Crippen LogP contribution in [0, 0.1) is 0 Å². The van der Waals surface area contributed by atoms with Crippen LogP contribution in [-0.4, -0.2) is 59.9 Å². The lowest BCUT2D eigenvalue weighted by molar-refractivity contribution is -0.140. The molecule has 1 saturated heterocycles. The summed E-state index contributed by atoms with van der Waals surface area (Å²) in [6.45, 7) is 5.68. The second-order valence-corrected chi connectivity index (χ2v) is 7.85. The van der Waals surface area contributed by atoms with Gasteiger partial charge in [0.05, 0.1) is 0 Å². The number of hydrogen-bond donors (Lipinski definition) is 1. The molecule has 1 aliphatic heterocycles. The van der Waals surface area contributed by atoms with Crippen LogP contribution in [0.5, 0.6) is 5.75 Å². The molecule has 1 fully saturated rings. The first kappa shape index (κ1) is 21.0. The maximum absolute atomic E-state index is 11.6. The third-order valence-corrected chi connectivity index (χ3v) is 5.79. The van der Waals surface area contributed by atoms with Crippen molar-refractivity contribution in [3.63, 3.8) is 0 Å². The number of para-hydroxylation sites is 1. The number of aliphatic carboxylic acids is 1. The number of ether oxygens (including phenoxy) is 1. The number of hydrogen-bond acceptors (Lipinski definition) is 4. The van der Waals surface area contributed by atoms with Gasteiger partial charge in [0.25, 0.3) is 0 Å². The Balaban J connectivity index is 1.21. The Morgan fingerprint density at radius 2 is 1.58 bits per heavy atom. The largest absolute Gasteiger partial charge is 0.492 e. The Kier molecular flexibility index (Phi) is 6.89. The third-order valence-electron chi connectivity index (χ3n) is 5.79. The van der Waals surface area contributed by atoms with E-state index in [0.29, 0.717) is 13.0 Å². The van der Waals surface area contributed by atoms with Crippen molar-refractivity contribution in [2.75, 3.05) is 44.2 Å². The fourth-order valence-electron chi connectivity index (χ4n) is 3.98. The summed E-state index contributed by atoms with van der Waals surface area (Å²) < 4.78 is 7.65. The topological polar surface area (TPSA) is 57.9 Å². The molecule has 0 unspecified atom stereocenters. The van der Waals surface area contributed by atoms with Crippen LogP contribution in [0.3, 0.4) is 0 Å². The van der Waals surface area contributed by atoms with Crippen molar-refractivity contribution in [2.45, 2.75) is 12.5 Å². The van der Waals surface area contributed by atoms with Gasteiger partial charge in [-0.05, 0) is 42.0 Å². The molecule has 0 aliphatic carbocycles. The average molecular weight is 420 g/mol. The predicted octanol–water partition coefficient (Wildman–Crippen LogP) is 3.56. The van der Waals surface area contributed by atoms with Crippen LogP contribution in [0.15, 0.2) is 79.1 Å². The molecule has 4 rings (SSSR count). The van der Waals surface area contributed by atoms with Gasteiger partial charge in [-0.3, -0.25) is 4.90 Å². The zero-order valence-corrected chi connectivity index (χ0v) is 17.6. The van der Waals surface area contributed by atoms with E-state index in [4.69, 9.17) is 4.74 Å². The van der Waals surface area contributed by atoms with E-state index in [2.05, 4.69) is 40.1 Å². The molecule has 1 N–H and O–H groups in total. The molecular formula is C25H29N3O3. The number of anilines is 1. The van der Waals surface area contributed by atoms with Crippen LogP contribution in [0.4, 0.5) is 5.69 Å². The molecule has 0 spiro atoms. The van der Waals surface area contributed by atoms with Crippen molar-refractivity contribution in [3.8, 4) is 5.75 Å². The summed E-state index contributed by atoms with van der Waals surface area (Å²) in [6, 6.07) is 21.4. The second-order valence-electron chi connectivity index (χ2n) is 7.85. The second kappa shape index (κ2) is 10.2. The van der Waals surface area contributed by atoms with Gasteiger partial charge in [-0.25, -0.2) is 4.79 Å². The molecule has 162 valence electrons. The van der Waals surface area contributed by atoms with E-state index in [9.17, 15) is 9.90 Å². The van der Waals surface area contributed by atoms with E-state index < -0.39 is 12.0 Å². The number of piperazine rings is 1. The van der Waals surface area contributed by atoms with Gasteiger partial charge in [0.1, 0.15) is 18.4 Å². The van der Waals surface area contributed by atoms with Gasteiger partial charge in [0, 0.05) is 57.2 Å². The van der Waals surface area contributed by atoms with Gasteiger partial charge in [-0.15, -0.1) is 0 Å². The van der Waals surface area contributed by atoms with Crippen LogP contribution < -0.4 is 9.64 Å². The quantitative estimate of drug-likeness (QED) is 0.575. The number of carbonyl (C=O) groups is 1. The minimum Gasteiger partial charge on any atom is -0.492 e. The summed E-state index contributed by atoms with van der Waals surface area (Å²) in [4.78, 5) is 16.5. The fraction of sp³-hybridized carbons (Fsp3) is 0.320. The first-order valence-corrected chi connectivity index (χ1v) is 10.8. The molecule has 3 aromatic rings. The van der Waals surface area contributed by atoms with E-state index in [1.54, 1.807) is 17.0 Å². The molecule has 31 heavy (non-hydrogen) atoms. The third kappa shape index (κ3) is 5.67. The number of carboxylic acid groups (broad SMARTS) is 1. The molecule has 0 amide bonds. The van der Waals surface area contributed by atoms with Crippen LogP contribution in [-0.2, 0) is 11.2 Å². The monoisotopic (exact) mass is 419 g/mol. The first-order chi connectivity index (χ1) is 15.2. The summed E-state index contributed by atoms with van der Waals surface area (Å²) in [5.74, 6) is -0.0107. The molecular weight excluding hydrogens is 390 g/mol. The van der Waals surface area contributed by atoms with Gasteiger partial charge in [-0.2, -0.15) is 0 Å². The first-order valence-electron chi connectivity index (χ1n) is 10.8. The maximum Gasteiger partial charge on any atom is 0.327 e. The maximum atomic E-state index is 11.6. The molecule has 0 bridgehead atoms. The minimum absolute atomic E-state index is 0.440. The van der Waals surface area contributed by atoms with Gasteiger partial charge < -0.3 is 19.3 Å². The molecule has 6 nitrogen and oxygen atoms in total. The molecule has 2 heterocycles. The van der Waals surface area contributed by atoms with Crippen molar-refractivity contribution >= 4 is 11.7 Å². The van der Waals surface area contributed by atoms with Crippen LogP contribution in [0.25, 0.3) is 0 Å². The van der Waals surface area contributed by atoms with Crippen molar-refractivity contribution in [1.82, 2.24) is 9.47 Å². The van der Waals surface area contributed by atoms with Crippen molar-refractivity contribution in [1.29, 1.82) is 0 Å². The summed E-state index contributed by atoms with van der Waals surface area (Å²) in [5, 5.41) is 9.53. The highest BCUT2D eigenvalue weighted by molar-refractivity contribution is 5.72. The van der Waals surface area contributed by atoms with Gasteiger partial charge >= 0.3 is 5.97 Å². The highest BCUT2D eigenvalue weighted by Crippen LogP contribution is 2.19. The van der Waals surface area contributed by atoms with E-state index in [1.807, 2.05) is 36.4 Å². The fourth-order valence-corrected chi connectivity index (χ4v) is 3.98. The minimum atomic E-state index is -0.830. The molecule has 0 radical (unpaired) electrons. The number of carboxylic acids is 1. The summed E-state index contributed by atoms with van der Waals surface area (Å²) in [5.41, 5.74) is 2.27. The Hall–Kier alpha value is -3.25. The number of rotatable bonds is 9. The van der Waals surface area contributed by atoms with Crippen LogP contribution >= 0.6 is 0 Å². The smallest absolute Gasteiger partial charge is 0.327 e. The number of nitrogens with zero attached hydrogens (tertiary/aromatic N) is 3. The molecule has 6 heteroatoms. The lowest BCUT2D eigenvalue weighted by Crippen LogP contribution is -2.47. The normalized spacial score (nSPS) is 15.5. The number of aromatic nitrogens is 1. The average Bonchev–Trinajstić information content (AvgIpc) is 3.34. The van der Waals surface area contributed by atoms with Crippen LogP contribution in [0.2, 0.25) is 0 Å². The summed E-state index contributed by atoms with van der Waals surface area (Å²) >= 11 is 0. The van der Waals surface area contributed by atoms with E-state index >= 15 is 0 Å². The highest BCUT2D eigenvalue weighted by Gasteiger charge is 2.19. The van der Waals surface area contributed by atoms with E-state index in [-0.39, 0.29) is 0 Å². The Morgan fingerprint density at radius 1 is 0.903 bits per heavy atom. The zero-order valence-electron chi connectivity index (χ0n) is 17.6. The van der Waals surface area contributed by atoms with E-state index in [1.165, 1.54) is 5.69 Å². The highest BCUT2D eigenvalue weighted by atomic mass is 16.5. The lowest BCUT2D eigenvalue weighted by atomic mass is 10.1. The van der Waals surface area contributed by atoms with E-state index in [0.717, 1.165) is 44.0 Å².